The van der Waals surface area contributed by atoms with Crippen LogP contribution >= 0.6 is 0 Å². The number of ether oxygens (including phenoxy) is 2. The van der Waals surface area contributed by atoms with Crippen molar-refractivity contribution in [3.8, 4) is 0 Å². The Morgan fingerprint density at radius 2 is 1.89 bits per heavy atom. The van der Waals surface area contributed by atoms with E-state index in [1.807, 2.05) is 13.8 Å². The molecule has 4 nitrogen and oxygen atoms in total. The fourth-order valence-corrected chi connectivity index (χ4v) is 1.11. The predicted octanol–water partition coefficient (Wildman–Crippen LogP) is 2.99. The minimum atomic E-state index is -0.376. The predicted molar refractivity (Wildman–Crippen MR) is 73.6 cm³/mol. The van der Waals surface area contributed by atoms with Gasteiger partial charge in [0.1, 0.15) is 0 Å². The van der Waals surface area contributed by atoms with Gasteiger partial charge < -0.3 is 14.8 Å². The summed E-state index contributed by atoms with van der Waals surface area (Å²) in [7, 11) is 0. The molecule has 4 heteroatoms. The smallest absolute Gasteiger partial charge is 0.407 e. The second kappa shape index (κ2) is 9.95. The van der Waals surface area contributed by atoms with E-state index in [2.05, 4.69) is 25.7 Å². The molecule has 1 N–H and O–H groups in total. The summed E-state index contributed by atoms with van der Waals surface area (Å²) in [6.45, 7) is 14.3. The number of hydrogen-bond acceptors (Lipinski definition) is 3. The summed E-state index contributed by atoms with van der Waals surface area (Å²) in [5, 5.41) is 2.64. The van der Waals surface area contributed by atoms with Gasteiger partial charge >= 0.3 is 6.09 Å². The van der Waals surface area contributed by atoms with Gasteiger partial charge in [-0.25, -0.2) is 4.79 Å². The van der Waals surface area contributed by atoms with E-state index in [-0.39, 0.29) is 6.09 Å². The van der Waals surface area contributed by atoms with Gasteiger partial charge in [0.15, 0.2) is 0 Å². The van der Waals surface area contributed by atoms with Gasteiger partial charge in [0.2, 0.25) is 0 Å². The average Bonchev–Trinajstić information content (AvgIpc) is 2.30. The van der Waals surface area contributed by atoms with E-state index in [4.69, 9.17) is 9.47 Å². The Balaban J connectivity index is 3.35. The number of carbonyl (C=O) groups excluding carboxylic acids is 1. The van der Waals surface area contributed by atoms with Crippen LogP contribution in [-0.4, -0.2) is 32.5 Å². The molecule has 0 spiro atoms. The van der Waals surface area contributed by atoms with E-state index in [1.54, 1.807) is 0 Å². The van der Waals surface area contributed by atoms with E-state index in [1.165, 1.54) is 5.57 Å². The van der Waals surface area contributed by atoms with Crippen molar-refractivity contribution in [2.75, 3.05) is 26.4 Å². The van der Waals surface area contributed by atoms with Crippen molar-refractivity contribution in [2.24, 2.45) is 11.8 Å². The molecule has 1 amide bonds. The van der Waals surface area contributed by atoms with Crippen molar-refractivity contribution in [1.29, 1.82) is 0 Å². The van der Waals surface area contributed by atoms with Crippen LogP contribution in [0.3, 0.4) is 0 Å². The average molecular weight is 257 g/mol. The summed E-state index contributed by atoms with van der Waals surface area (Å²) < 4.78 is 10.4. The molecule has 0 bridgehead atoms. The summed E-state index contributed by atoms with van der Waals surface area (Å²) in [5.74, 6) is 0.854. The zero-order valence-electron chi connectivity index (χ0n) is 12.1. The lowest BCUT2D eigenvalue weighted by Gasteiger charge is -2.11. The van der Waals surface area contributed by atoms with Crippen molar-refractivity contribution in [1.82, 2.24) is 5.32 Å². The molecule has 0 atom stereocenters. The van der Waals surface area contributed by atoms with Crippen LogP contribution in [0.25, 0.3) is 0 Å². The third kappa shape index (κ3) is 10.1. The molecule has 0 aliphatic rings. The van der Waals surface area contributed by atoms with E-state index in [9.17, 15) is 4.79 Å². The molecule has 0 heterocycles. The number of rotatable bonds is 9. The fraction of sp³-hybridized carbons (Fsp3) is 0.786. The lowest BCUT2D eigenvalue weighted by Crippen LogP contribution is -2.29. The van der Waals surface area contributed by atoms with Gasteiger partial charge in [-0.05, 0) is 18.3 Å². The van der Waals surface area contributed by atoms with Gasteiger partial charge in [0.05, 0.1) is 19.8 Å². The summed E-state index contributed by atoms with van der Waals surface area (Å²) >= 11 is 0. The molecule has 0 saturated carbocycles. The van der Waals surface area contributed by atoms with Crippen LogP contribution in [0, 0.1) is 11.8 Å². The quantitative estimate of drug-likeness (QED) is 0.510. The molecule has 0 aromatic rings. The topological polar surface area (TPSA) is 47.6 Å². The van der Waals surface area contributed by atoms with Crippen LogP contribution in [0.15, 0.2) is 12.2 Å². The van der Waals surface area contributed by atoms with Crippen molar-refractivity contribution < 1.29 is 14.3 Å². The first-order valence-corrected chi connectivity index (χ1v) is 6.59. The minimum Gasteiger partial charge on any atom is -0.449 e. The molecule has 0 fully saturated rings. The van der Waals surface area contributed by atoms with Crippen LogP contribution in [0.4, 0.5) is 4.79 Å². The zero-order valence-corrected chi connectivity index (χ0v) is 12.1. The highest BCUT2D eigenvalue weighted by Crippen LogP contribution is 2.10. The number of hydrogen-bond donors (Lipinski definition) is 1. The molecule has 106 valence electrons. The molecule has 0 unspecified atom stereocenters. The van der Waals surface area contributed by atoms with Crippen LogP contribution in [0.1, 0.15) is 34.1 Å². The molecule has 0 saturated heterocycles. The maximum atomic E-state index is 11.2. The monoisotopic (exact) mass is 257 g/mol. The van der Waals surface area contributed by atoms with Crippen LogP contribution in [0.2, 0.25) is 0 Å². The highest BCUT2D eigenvalue weighted by atomic mass is 16.5. The summed E-state index contributed by atoms with van der Waals surface area (Å²) in [5.41, 5.74) is 1.19. The first kappa shape index (κ1) is 17.0. The first-order valence-electron chi connectivity index (χ1n) is 6.59. The van der Waals surface area contributed by atoms with Crippen LogP contribution < -0.4 is 5.32 Å². The Morgan fingerprint density at radius 1 is 1.22 bits per heavy atom. The van der Waals surface area contributed by atoms with Gasteiger partial charge in [0, 0.05) is 6.54 Å². The molecular weight excluding hydrogens is 230 g/mol. The Labute approximate surface area is 111 Å². The summed E-state index contributed by atoms with van der Waals surface area (Å²) in [6.07, 6.45) is 0.494. The van der Waals surface area contributed by atoms with E-state index < -0.39 is 0 Å². The molecule has 0 rings (SSSR count). The maximum absolute atomic E-state index is 11.2. The van der Waals surface area contributed by atoms with Crippen molar-refractivity contribution in [3.63, 3.8) is 0 Å². The largest absolute Gasteiger partial charge is 0.449 e. The first-order chi connectivity index (χ1) is 8.43. The molecule has 0 aliphatic heterocycles. The van der Waals surface area contributed by atoms with Gasteiger partial charge in [-0.3, -0.25) is 0 Å². The number of nitrogens with one attached hydrogen (secondary N) is 1. The second-order valence-electron chi connectivity index (χ2n) is 5.09. The summed E-state index contributed by atoms with van der Waals surface area (Å²) in [4.78, 5) is 11.2. The molecule has 0 aromatic heterocycles. The molecular formula is C14H27NO3. The highest BCUT2D eigenvalue weighted by molar-refractivity contribution is 5.67. The second-order valence-corrected chi connectivity index (χ2v) is 5.09. The van der Waals surface area contributed by atoms with Crippen LogP contribution in [0.5, 0.6) is 0 Å². The van der Waals surface area contributed by atoms with E-state index in [0.717, 1.165) is 6.42 Å². The van der Waals surface area contributed by atoms with Crippen LogP contribution in [-0.2, 0) is 9.47 Å². The third-order valence-corrected chi connectivity index (χ3v) is 2.45. The Bertz CT molecular complexity index is 249. The molecule has 0 aliphatic carbocycles. The summed E-state index contributed by atoms with van der Waals surface area (Å²) in [6, 6.07) is 0. The van der Waals surface area contributed by atoms with Gasteiger partial charge in [-0.1, -0.05) is 39.8 Å². The molecule has 0 radical (unpaired) electrons. The normalized spacial score (nSPS) is 10.8. The van der Waals surface area contributed by atoms with Crippen molar-refractivity contribution >= 4 is 6.09 Å². The van der Waals surface area contributed by atoms with Crippen molar-refractivity contribution in [2.45, 2.75) is 34.1 Å². The van der Waals surface area contributed by atoms with Gasteiger partial charge in [-0.15, -0.1) is 0 Å². The third-order valence-electron chi connectivity index (χ3n) is 2.45. The lowest BCUT2D eigenvalue weighted by molar-refractivity contribution is 0.116. The van der Waals surface area contributed by atoms with Crippen molar-refractivity contribution in [3.05, 3.63) is 12.2 Å². The Hall–Kier alpha value is -1.03. The van der Waals surface area contributed by atoms with Gasteiger partial charge in [0.25, 0.3) is 0 Å². The van der Waals surface area contributed by atoms with E-state index in [0.29, 0.717) is 38.2 Å². The van der Waals surface area contributed by atoms with Gasteiger partial charge in [-0.2, -0.15) is 0 Å². The standard InChI is InChI=1S/C14H27NO3/c1-11(2)10-18-14(16)15-7-9-17-8-6-13(5)12(3)4/h11-12H,5-10H2,1-4H3,(H,15,16). The number of amides is 1. The lowest BCUT2D eigenvalue weighted by atomic mass is 10.0. The SMILES string of the molecule is C=C(CCOCCNC(=O)OCC(C)C)C(C)C. The minimum absolute atomic E-state index is 0.356. The molecule has 0 aromatic carbocycles. The molecule has 18 heavy (non-hydrogen) atoms. The number of alkyl carbamates (subject to hydrolysis) is 1. The maximum Gasteiger partial charge on any atom is 0.407 e. The zero-order chi connectivity index (χ0) is 14.0. The Morgan fingerprint density at radius 3 is 2.44 bits per heavy atom. The fourth-order valence-electron chi connectivity index (χ4n) is 1.11. The highest BCUT2D eigenvalue weighted by Gasteiger charge is 2.03. The number of carbonyl (C=O) groups is 1. The Kier molecular flexibility index (Phi) is 9.38. The van der Waals surface area contributed by atoms with E-state index >= 15 is 0 Å².